The van der Waals surface area contributed by atoms with E-state index in [0.717, 1.165) is 37.1 Å². The summed E-state index contributed by atoms with van der Waals surface area (Å²) in [4.78, 5) is 8.59. The molecule has 1 fully saturated rings. The van der Waals surface area contributed by atoms with Crippen LogP contribution < -0.4 is 4.72 Å². The van der Waals surface area contributed by atoms with Gasteiger partial charge < -0.3 is 0 Å². The predicted molar refractivity (Wildman–Crippen MR) is 93.3 cm³/mol. The summed E-state index contributed by atoms with van der Waals surface area (Å²) in [5, 5.41) is 0. The molecule has 0 unspecified atom stereocenters. The number of nitrogens with one attached hydrogen (secondary N) is 1. The maximum atomic E-state index is 12.4. The van der Waals surface area contributed by atoms with Crippen LogP contribution in [0.5, 0.6) is 0 Å². The van der Waals surface area contributed by atoms with Crippen LogP contribution in [0.1, 0.15) is 43.5 Å². The molecule has 2 aromatic rings. The third-order valence-electron chi connectivity index (χ3n) is 4.58. The second-order valence-corrected chi connectivity index (χ2v) is 8.29. The van der Waals surface area contributed by atoms with Gasteiger partial charge in [0.1, 0.15) is 11.6 Å². The van der Waals surface area contributed by atoms with Gasteiger partial charge in [-0.2, -0.15) is 0 Å². The number of pyridine rings is 1. The van der Waals surface area contributed by atoms with Crippen LogP contribution in [0.15, 0.2) is 30.7 Å². The van der Waals surface area contributed by atoms with Crippen LogP contribution in [-0.2, 0) is 16.6 Å². The highest BCUT2D eigenvalue weighted by Gasteiger charge is 2.21. The Balaban J connectivity index is 1.69. The zero-order valence-electron chi connectivity index (χ0n) is 14.0. The lowest BCUT2D eigenvalue weighted by molar-refractivity contribution is 0.384. The topological polar surface area (TPSA) is 76.9 Å². The molecule has 1 saturated carbocycles. The molecule has 2 heterocycles. The summed E-state index contributed by atoms with van der Waals surface area (Å²) in [5.74, 6) is 2.06. The van der Waals surface area contributed by atoms with Crippen LogP contribution >= 0.6 is 0 Å². The van der Waals surface area contributed by atoms with Crippen molar-refractivity contribution in [3.63, 3.8) is 0 Å². The fraction of sp³-hybridized carbons (Fsp3) is 0.529. The zero-order valence-corrected chi connectivity index (χ0v) is 14.8. The van der Waals surface area contributed by atoms with Gasteiger partial charge in [0.15, 0.2) is 0 Å². The normalized spacial score (nSPS) is 16.4. The van der Waals surface area contributed by atoms with Crippen LogP contribution in [0.3, 0.4) is 0 Å². The van der Waals surface area contributed by atoms with E-state index in [9.17, 15) is 8.42 Å². The number of nitrogens with zero attached hydrogens (tertiary/aromatic N) is 3. The molecule has 1 N–H and O–H groups in total. The van der Waals surface area contributed by atoms with Crippen molar-refractivity contribution in [1.82, 2.24) is 19.3 Å². The average molecular weight is 348 g/mol. The van der Waals surface area contributed by atoms with E-state index in [-0.39, 0.29) is 12.3 Å². The minimum atomic E-state index is -3.28. The van der Waals surface area contributed by atoms with E-state index in [1.54, 1.807) is 12.4 Å². The van der Waals surface area contributed by atoms with Gasteiger partial charge in [0, 0.05) is 30.7 Å². The van der Waals surface area contributed by atoms with E-state index in [0.29, 0.717) is 11.7 Å². The molecule has 130 valence electrons. The molecule has 0 aliphatic heterocycles. The molecule has 1 aliphatic carbocycles. The van der Waals surface area contributed by atoms with Gasteiger partial charge >= 0.3 is 0 Å². The van der Waals surface area contributed by atoms with Crippen molar-refractivity contribution < 1.29 is 8.42 Å². The van der Waals surface area contributed by atoms with Gasteiger partial charge in [-0.1, -0.05) is 25.3 Å². The summed E-state index contributed by atoms with van der Waals surface area (Å²) in [7, 11) is -3.28. The summed E-state index contributed by atoms with van der Waals surface area (Å²) in [5.41, 5.74) is 0.839. The Labute approximate surface area is 143 Å². The van der Waals surface area contributed by atoms with Gasteiger partial charge in [-0.05, 0) is 31.7 Å². The standard InChI is InChI=1S/C17H24N4O2S/c1-14-18-10-11-21(14)17-16(8-5-9-19-17)12-20-24(22,23)13-15-6-3-2-4-7-15/h5,8-11,15,20H,2-4,6-7,12-13H2,1H3. The van der Waals surface area contributed by atoms with E-state index in [4.69, 9.17) is 0 Å². The molecule has 0 saturated heterocycles. The summed E-state index contributed by atoms with van der Waals surface area (Å²) in [6.07, 6.45) is 10.8. The van der Waals surface area contributed by atoms with Crippen molar-refractivity contribution in [2.24, 2.45) is 5.92 Å². The molecule has 0 spiro atoms. The SMILES string of the molecule is Cc1nccn1-c1ncccc1CNS(=O)(=O)CC1CCCCC1. The van der Waals surface area contributed by atoms with E-state index in [1.807, 2.05) is 29.8 Å². The van der Waals surface area contributed by atoms with Crippen LogP contribution in [-0.4, -0.2) is 28.7 Å². The van der Waals surface area contributed by atoms with Crippen molar-refractivity contribution in [3.8, 4) is 5.82 Å². The minimum absolute atomic E-state index is 0.229. The average Bonchev–Trinajstić information content (AvgIpc) is 3.00. The molecule has 0 aromatic carbocycles. The van der Waals surface area contributed by atoms with Crippen LogP contribution in [0.25, 0.3) is 5.82 Å². The van der Waals surface area contributed by atoms with E-state index in [1.165, 1.54) is 6.42 Å². The van der Waals surface area contributed by atoms with Crippen LogP contribution in [0.4, 0.5) is 0 Å². The predicted octanol–water partition coefficient (Wildman–Crippen LogP) is 2.58. The van der Waals surface area contributed by atoms with Crippen LogP contribution in [0, 0.1) is 12.8 Å². The molecular weight excluding hydrogens is 324 g/mol. The lowest BCUT2D eigenvalue weighted by Gasteiger charge is -2.21. The third-order valence-corrected chi connectivity index (χ3v) is 6.08. The van der Waals surface area contributed by atoms with Gasteiger partial charge in [-0.3, -0.25) is 4.57 Å². The molecule has 24 heavy (non-hydrogen) atoms. The first-order valence-corrected chi connectivity index (χ1v) is 10.1. The highest BCUT2D eigenvalue weighted by atomic mass is 32.2. The van der Waals surface area contributed by atoms with E-state index < -0.39 is 10.0 Å². The van der Waals surface area contributed by atoms with Crippen molar-refractivity contribution in [1.29, 1.82) is 0 Å². The minimum Gasteiger partial charge on any atom is -0.288 e. The number of hydrogen-bond donors (Lipinski definition) is 1. The zero-order chi connectivity index (χ0) is 17.0. The number of hydrogen-bond acceptors (Lipinski definition) is 4. The molecule has 1 aliphatic rings. The number of sulfonamides is 1. The van der Waals surface area contributed by atoms with Gasteiger partial charge in [0.05, 0.1) is 5.75 Å². The Morgan fingerprint density at radius 3 is 2.71 bits per heavy atom. The Hall–Kier alpha value is -1.73. The largest absolute Gasteiger partial charge is 0.288 e. The van der Waals surface area contributed by atoms with Gasteiger partial charge in [0.25, 0.3) is 0 Å². The fourth-order valence-corrected chi connectivity index (χ4v) is 4.74. The molecule has 3 rings (SSSR count). The highest BCUT2D eigenvalue weighted by Crippen LogP contribution is 2.24. The second-order valence-electron chi connectivity index (χ2n) is 6.44. The summed E-state index contributed by atoms with van der Waals surface area (Å²) in [6, 6.07) is 3.71. The smallest absolute Gasteiger partial charge is 0.212 e. The Kier molecular flexibility index (Phi) is 5.30. The Bertz CT molecular complexity index is 779. The van der Waals surface area contributed by atoms with Crippen LogP contribution in [0.2, 0.25) is 0 Å². The molecule has 2 aromatic heterocycles. The molecule has 0 radical (unpaired) electrons. The lowest BCUT2D eigenvalue weighted by atomic mass is 9.91. The Morgan fingerprint density at radius 1 is 1.21 bits per heavy atom. The van der Waals surface area contributed by atoms with Crippen molar-refractivity contribution in [2.45, 2.75) is 45.6 Å². The molecule has 0 amide bonds. The molecule has 7 heteroatoms. The van der Waals surface area contributed by atoms with Gasteiger partial charge in [-0.25, -0.2) is 23.1 Å². The van der Waals surface area contributed by atoms with E-state index in [2.05, 4.69) is 14.7 Å². The molecule has 0 bridgehead atoms. The molecular formula is C17H24N4O2S. The maximum Gasteiger partial charge on any atom is 0.212 e. The van der Waals surface area contributed by atoms with E-state index >= 15 is 0 Å². The monoisotopic (exact) mass is 348 g/mol. The van der Waals surface area contributed by atoms with Gasteiger partial charge in [-0.15, -0.1) is 0 Å². The number of imidazole rings is 1. The van der Waals surface area contributed by atoms with Crippen molar-refractivity contribution in [3.05, 3.63) is 42.1 Å². The first kappa shape index (κ1) is 17.1. The first-order valence-electron chi connectivity index (χ1n) is 8.47. The van der Waals surface area contributed by atoms with Gasteiger partial charge in [0.2, 0.25) is 10.0 Å². The third kappa shape index (κ3) is 4.21. The fourth-order valence-electron chi connectivity index (χ4n) is 3.30. The maximum absolute atomic E-state index is 12.4. The summed E-state index contributed by atoms with van der Waals surface area (Å²) >= 11 is 0. The first-order chi connectivity index (χ1) is 11.6. The molecule has 6 nitrogen and oxygen atoms in total. The quantitative estimate of drug-likeness (QED) is 0.870. The second kappa shape index (κ2) is 7.44. The van der Waals surface area contributed by atoms with Crippen molar-refractivity contribution >= 4 is 10.0 Å². The lowest BCUT2D eigenvalue weighted by Crippen LogP contribution is -2.30. The summed E-state index contributed by atoms with van der Waals surface area (Å²) in [6.45, 7) is 2.14. The highest BCUT2D eigenvalue weighted by molar-refractivity contribution is 7.89. The summed E-state index contributed by atoms with van der Waals surface area (Å²) < 4.78 is 29.4. The van der Waals surface area contributed by atoms with Crippen molar-refractivity contribution in [2.75, 3.05) is 5.75 Å². The number of aromatic nitrogens is 3. The Morgan fingerprint density at radius 2 is 2.00 bits per heavy atom. The molecule has 0 atom stereocenters. The number of aryl methyl sites for hydroxylation is 1. The number of rotatable bonds is 6.